The van der Waals surface area contributed by atoms with Crippen molar-refractivity contribution in [2.45, 2.75) is 31.8 Å². The number of rotatable bonds is 9. The molecule has 1 aromatic heterocycles. The number of aryl methyl sites for hydroxylation is 1. The van der Waals surface area contributed by atoms with E-state index in [9.17, 15) is 9.59 Å². The Morgan fingerprint density at radius 3 is 2.45 bits per heavy atom. The van der Waals surface area contributed by atoms with Gasteiger partial charge in [-0.3, -0.25) is 9.36 Å². The second-order valence-electron chi connectivity index (χ2n) is 9.23. The molecule has 1 amide bonds. The number of carbonyl (C=O) groups is 1. The van der Waals surface area contributed by atoms with Crippen LogP contribution in [0.15, 0.2) is 82.7 Å². The first-order chi connectivity index (χ1) is 18.4. The number of hydrogen-bond donors (Lipinski definition) is 1. The molecule has 0 spiro atoms. The Hall–Kier alpha value is -3.88. The fourth-order valence-corrected chi connectivity index (χ4v) is 4.94. The molecule has 0 bridgehead atoms. The van der Waals surface area contributed by atoms with Gasteiger partial charge in [-0.05, 0) is 59.4 Å². The zero-order valence-corrected chi connectivity index (χ0v) is 22.0. The van der Waals surface area contributed by atoms with Gasteiger partial charge >= 0.3 is 5.69 Å². The van der Waals surface area contributed by atoms with Crippen molar-refractivity contribution in [2.24, 2.45) is 10.8 Å². The van der Waals surface area contributed by atoms with E-state index in [1.807, 2.05) is 36.4 Å². The Bertz CT molecular complexity index is 1530. The molecule has 0 saturated heterocycles. The predicted molar refractivity (Wildman–Crippen MR) is 150 cm³/mol. The number of primary amides is 1. The van der Waals surface area contributed by atoms with Crippen molar-refractivity contribution >= 4 is 41.3 Å². The van der Waals surface area contributed by atoms with E-state index in [-0.39, 0.29) is 25.0 Å². The molecule has 1 aliphatic carbocycles. The standard InChI is InChI=1S/C28H26Cl2N6O2/c29-23-11-5-19(6-12-23)15-32-35(17-22-10-9-21-3-1-2-4-25(21)22)27-33-36(28(38)34(27)18-26(31)37)16-20-7-13-24(30)14-8-20/h1-8,11-15,22H,9-10,16-18H2,(H2,31,37)/b32-15+. The highest BCUT2D eigenvalue weighted by atomic mass is 35.5. The van der Waals surface area contributed by atoms with Crippen LogP contribution in [0.25, 0.3) is 0 Å². The minimum Gasteiger partial charge on any atom is -0.368 e. The monoisotopic (exact) mass is 548 g/mol. The summed E-state index contributed by atoms with van der Waals surface area (Å²) in [5.41, 5.74) is 9.31. The summed E-state index contributed by atoms with van der Waals surface area (Å²) in [6, 6.07) is 22.8. The molecule has 0 saturated carbocycles. The van der Waals surface area contributed by atoms with Gasteiger partial charge < -0.3 is 5.73 Å². The lowest BCUT2D eigenvalue weighted by Crippen LogP contribution is -2.33. The van der Waals surface area contributed by atoms with Crippen molar-refractivity contribution < 1.29 is 4.79 Å². The molecule has 0 aliphatic heterocycles. The largest absolute Gasteiger partial charge is 0.368 e. The third-order valence-electron chi connectivity index (χ3n) is 6.56. The van der Waals surface area contributed by atoms with E-state index in [4.69, 9.17) is 34.0 Å². The Morgan fingerprint density at radius 2 is 1.74 bits per heavy atom. The molecule has 8 nitrogen and oxygen atoms in total. The van der Waals surface area contributed by atoms with Gasteiger partial charge in [0.2, 0.25) is 11.9 Å². The number of nitrogens with two attached hydrogens (primary N) is 1. The number of hydrogen-bond acceptors (Lipinski definition) is 5. The van der Waals surface area contributed by atoms with Crippen LogP contribution in [0.3, 0.4) is 0 Å². The number of aromatic nitrogens is 3. The minimum absolute atomic E-state index is 0.173. The highest BCUT2D eigenvalue weighted by Crippen LogP contribution is 2.34. The molecule has 1 unspecified atom stereocenters. The third-order valence-corrected chi connectivity index (χ3v) is 7.06. The molecule has 1 heterocycles. The van der Waals surface area contributed by atoms with Gasteiger partial charge in [-0.25, -0.2) is 14.5 Å². The van der Waals surface area contributed by atoms with Crippen LogP contribution in [0.2, 0.25) is 10.0 Å². The van der Waals surface area contributed by atoms with Gasteiger partial charge in [-0.1, -0.05) is 71.7 Å². The quantitative estimate of drug-likeness (QED) is 0.246. The fraction of sp³-hybridized carbons (Fsp3) is 0.214. The van der Waals surface area contributed by atoms with Gasteiger partial charge in [0, 0.05) is 16.0 Å². The van der Waals surface area contributed by atoms with E-state index in [0.717, 1.165) is 24.0 Å². The number of amides is 1. The number of halogens is 2. The van der Waals surface area contributed by atoms with E-state index in [0.29, 0.717) is 16.6 Å². The van der Waals surface area contributed by atoms with Crippen LogP contribution in [-0.2, 0) is 24.3 Å². The molecule has 0 radical (unpaired) electrons. The van der Waals surface area contributed by atoms with E-state index < -0.39 is 11.6 Å². The normalized spacial score (nSPS) is 14.6. The van der Waals surface area contributed by atoms with Crippen molar-refractivity contribution in [3.05, 3.63) is 116 Å². The average molecular weight is 549 g/mol. The van der Waals surface area contributed by atoms with Crippen molar-refractivity contribution in [1.29, 1.82) is 0 Å². The van der Waals surface area contributed by atoms with Gasteiger partial charge in [0.15, 0.2) is 0 Å². The van der Waals surface area contributed by atoms with Crippen LogP contribution >= 0.6 is 23.2 Å². The third kappa shape index (κ3) is 5.82. The van der Waals surface area contributed by atoms with Crippen LogP contribution in [0.4, 0.5) is 5.95 Å². The van der Waals surface area contributed by atoms with Gasteiger partial charge in [0.25, 0.3) is 0 Å². The summed E-state index contributed by atoms with van der Waals surface area (Å²) in [7, 11) is 0. The van der Waals surface area contributed by atoms with Crippen LogP contribution in [-0.4, -0.2) is 33.0 Å². The summed E-state index contributed by atoms with van der Waals surface area (Å²) in [5.74, 6) is -0.225. The first kappa shape index (κ1) is 25.8. The summed E-state index contributed by atoms with van der Waals surface area (Å²) in [6.45, 7) is 0.357. The lowest BCUT2D eigenvalue weighted by molar-refractivity contribution is -0.118. The second-order valence-corrected chi connectivity index (χ2v) is 10.1. The van der Waals surface area contributed by atoms with Crippen molar-refractivity contribution in [3.63, 3.8) is 0 Å². The summed E-state index contributed by atoms with van der Waals surface area (Å²) < 4.78 is 2.59. The second kappa shape index (κ2) is 11.2. The van der Waals surface area contributed by atoms with Gasteiger partial charge in [0.1, 0.15) is 6.54 Å². The molecular weight excluding hydrogens is 523 g/mol. The topological polar surface area (TPSA) is 98.5 Å². The molecule has 5 rings (SSSR count). The Morgan fingerprint density at radius 1 is 1.05 bits per heavy atom. The zero-order valence-electron chi connectivity index (χ0n) is 20.5. The number of benzene rings is 3. The molecule has 3 aromatic carbocycles. The van der Waals surface area contributed by atoms with E-state index in [1.54, 1.807) is 35.5 Å². The molecule has 2 N–H and O–H groups in total. The molecule has 194 valence electrons. The van der Waals surface area contributed by atoms with Crippen molar-refractivity contribution in [2.75, 3.05) is 11.6 Å². The lowest BCUT2D eigenvalue weighted by atomic mass is 10.0. The summed E-state index contributed by atoms with van der Waals surface area (Å²) in [4.78, 5) is 25.3. The number of carbonyl (C=O) groups excluding carboxylic acids is 1. The van der Waals surface area contributed by atoms with Crippen LogP contribution in [0.1, 0.15) is 34.6 Å². The zero-order chi connectivity index (χ0) is 26.6. The maximum Gasteiger partial charge on any atom is 0.348 e. The van der Waals surface area contributed by atoms with E-state index in [1.165, 1.54) is 20.4 Å². The number of hydrazone groups is 1. The van der Waals surface area contributed by atoms with Crippen LogP contribution in [0.5, 0.6) is 0 Å². The number of fused-ring (bicyclic) bond motifs is 1. The Kier molecular flexibility index (Phi) is 7.62. The predicted octanol–water partition coefficient (Wildman–Crippen LogP) is 4.46. The molecular formula is C28H26Cl2N6O2. The fourth-order valence-electron chi connectivity index (χ4n) is 4.69. The highest BCUT2D eigenvalue weighted by Gasteiger charge is 2.28. The smallest absolute Gasteiger partial charge is 0.348 e. The lowest BCUT2D eigenvalue weighted by Gasteiger charge is -2.22. The van der Waals surface area contributed by atoms with Gasteiger partial charge in [0.05, 0.1) is 19.3 Å². The summed E-state index contributed by atoms with van der Waals surface area (Å²) in [5, 5.41) is 12.3. The van der Waals surface area contributed by atoms with Gasteiger partial charge in [-0.15, -0.1) is 5.10 Å². The van der Waals surface area contributed by atoms with Crippen LogP contribution in [0, 0.1) is 0 Å². The first-order valence-electron chi connectivity index (χ1n) is 12.2. The minimum atomic E-state index is -0.646. The van der Waals surface area contributed by atoms with Crippen LogP contribution < -0.4 is 16.4 Å². The highest BCUT2D eigenvalue weighted by molar-refractivity contribution is 6.30. The molecule has 1 atom stereocenters. The SMILES string of the molecule is NC(=O)Cn1c(N(CC2CCc3ccccc32)/N=C/c2ccc(Cl)cc2)nn(Cc2ccc(Cl)cc2)c1=O. The molecule has 4 aromatic rings. The number of nitrogens with zero attached hydrogens (tertiary/aromatic N) is 5. The van der Waals surface area contributed by atoms with E-state index in [2.05, 4.69) is 17.2 Å². The Labute approximate surface area is 229 Å². The average Bonchev–Trinajstić information content (AvgIpc) is 3.45. The van der Waals surface area contributed by atoms with E-state index >= 15 is 0 Å². The Balaban J connectivity index is 1.54. The maximum absolute atomic E-state index is 13.4. The molecule has 1 aliphatic rings. The van der Waals surface area contributed by atoms with Gasteiger partial charge in [-0.2, -0.15) is 5.10 Å². The maximum atomic E-state index is 13.4. The molecule has 10 heteroatoms. The van der Waals surface area contributed by atoms with Crippen molar-refractivity contribution in [1.82, 2.24) is 14.3 Å². The summed E-state index contributed by atoms with van der Waals surface area (Å²) in [6.07, 6.45) is 3.60. The van der Waals surface area contributed by atoms with Crippen molar-refractivity contribution in [3.8, 4) is 0 Å². The molecule has 38 heavy (non-hydrogen) atoms. The molecule has 0 fully saturated rings. The number of anilines is 1. The summed E-state index contributed by atoms with van der Waals surface area (Å²) >= 11 is 12.1. The first-order valence-corrected chi connectivity index (χ1v) is 13.0.